The van der Waals surface area contributed by atoms with E-state index < -0.39 is 0 Å². The smallest absolute Gasteiger partial charge is 0.407 e. The molecule has 1 N–H and O–H groups in total. The van der Waals surface area contributed by atoms with Crippen molar-refractivity contribution in [2.24, 2.45) is 0 Å². The molecule has 0 bridgehead atoms. The van der Waals surface area contributed by atoms with Crippen molar-refractivity contribution < 1.29 is 9.53 Å². The second-order valence-electron chi connectivity index (χ2n) is 4.10. The number of aryl methyl sites for hydroxylation is 1. The maximum Gasteiger partial charge on any atom is 0.407 e. The fourth-order valence-corrected chi connectivity index (χ4v) is 2.40. The van der Waals surface area contributed by atoms with E-state index >= 15 is 0 Å². The molecule has 0 aliphatic heterocycles. The third-order valence-electron chi connectivity index (χ3n) is 2.68. The summed E-state index contributed by atoms with van der Waals surface area (Å²) in [6.45, 7) is 2.84. The Morgan fingerprint density at radius 3 is 2.84 bits per heavy atom. The molecule has 1 aromatic carbocycles. The summed E-state index contributed by atoms with van der Waals surface area (Å²) in [6, 6.07) is 9.62. The summed E-state index contributed by atoms with van der Waals surface area (Å²) in [5.74, 6) is 0. The zero-order valence-electron chi connectivity index (χ0n) is 10.8. The molecular weight excluding hydrogens is 260 g/mol. The van der Waals surface area contributed by atoms with Crippen LogP contribution in [0.1, 0.15) is 16.1 Å². The van der Waals surface area contributed by atoms with Gasteiger partial charge < -0.3 is 10.1 Å². The SMILES string of the molecule is Cc1ncsc1CCNC(=O)OCc1ccccc1. The number of hydrogen-bond donors (Lipinski definition) is 1. The first kappa shape index (κ1) is 13.5. The lowest BCUT2D eigenvalue weighted by atomic mass is 10.2. The van der Waals surface area contributed by atoms with E-state index in [-0.39, 0.29) is 6.09 Å². The van der Waals surface area contributed by atoms with Crippen LogP contribution in [0.15, 0.2) is 35.8 Å². The standard InChI is InChI=1S/C14H16N2O2S/c1-11-13(19-10-16-11)7-8-15-14(17)18-9-12-5-3-2-4-6-12/h2-6,10H,7-9H2,1H3,(H,15,17). The van der Waals surface area contributed by atoms with E-state index in [4.69, 9.17) is 4.74 Å². The van der Waals surface area contributed by atoms with E-state index in [0.29, 0.717) is 13.2 Å². The average Bonchev–Trinajstić information content (AvgIpc) is 2.83. The molecular formula is C14H16N2O2S. The summed E-state index contributed by atoms with van der Waals surface area (Å²) in [5, 5.41) is 2.74. The molecule has 0 saturated heterocycles. The van der Waals surface area contributed by atoms with Gasteiger partial charge in [0, 0.05) is 17.8 Å². The molecule has 100 valence electrons. The van der Waals surface area contributed by atoms with Crippen LogP contribution in [0.25, 0.3) is 0 Å². The monoisotopic (exact) mass is 276 g/mol. The van der Waals surface area contributed by atoms with Crippen molar-refractivity contribution in [3.8, 4) is 0 Å². The lowest BCUT2D eigenvalue weighted by Crippen LogP contribution is -2.26. The highest BCUT2D eigenvalue weighted by atomic mass is 32.1. The van der Waals surface area contributed by atoms with Gasteiger partial charge in [0.1, 0.15) is 6.61 Å². The fraction of sp³-hybridized carbons (Fsp3) is 0.286. The van der Waals surface area contributed by atoms with Crippen molar-refractivity contribution in [3.05, 3.63) is 52.0 Å². The number of ether oxygens (including phenoxy) is 1. The van der Waals surface area contributed by atoms with E-state index in [1.54, 1.807) is 11.3 Å². The fourth-order valence-electron chi connectivity index (χ4n) is 1.62. The Kier molecular flexibility index (Phi) is 4.92. The van der Waals surface area contributed by atoms with Crippen LogP contribution in [-0.2, 0) is 17.8 Å². The normalized spacial score (nSPS) is 10.2. The molecule has 0 aliphatic rings. The van der Waals surface area contributed by atoms with Gasteiger partial charge in [0.2, 0.25) is 0 Å². The van der Waals surface area contributed by atoms with Crippen molar-refractivity contribution >= 4 is 17.4 Å². The summed E-state index contributed by atoms with van der Waals surface area (Å²) >= 11 is 1.61. The zero-order chi connectivity index (χ0) is 13.5. The number of alkyl carbamates (subject to hydrolysis) is 1. The van der Waals surface area contributed by atoms with Gasteiger partial charge in [-0.1, -0.05) is 30.3 Å². The largest absolute Gasteiger partial charge is 0.445 e. The molecule has 1 amide bonds. The summed E-state index contributed by atoms with van der Waals surface area (Å²) < 4.78 is 5.12. The van der Waals surface area contributed by atoms with Gasteiger partial charge in [0.05, 0.1) is 11.2 Å². The lowest BCUT2D eigenvalue weighted by molar-refractivity contribution is 0.140. The summed E-state index contributed by atoms with van der Waals surface area (Å²) in [4.78, 5) is 16.8. The Bertz CT molecular complexity index is 525. The van der Waals surface area contributed by atoms with Gasteiger partial charge in [-0.25, -0.2) is 9.78 Å². The number of hydrogen-bond acceptors (Lipinski definition) is 4. The third kappa shape index (κ3) is 4.37. The maximum atomic E-state index is 11.5. The Hall–Kier alpha value is -1.88. The van der Waals surface area contributed by atoms with Crippen LogP contribution in [0.4, 0.5) is 4.79 Å². The second kappa shape index (κ2) is 6.89. The lowest BCUT2D eigenvalue weighted by Gasteiger charge is -2.06. The van der Waals surface area contributed by atoms with Gasteiger partial charge in [0.25, 0.3) is 0 Å². The van der Waals surface area contributed by atoms with Crippen molar-refractivity contribution in [1.82, 2.24) is 10.3 Å². The number of carbonyl (C=O) groups excluding carboxylic acids is 1. The minimum atomic E-state index is -0.383. The van der Waals surface area contributed by atoms with Crippen molar-refractivity contribution in [2.75, 3.05) is 6.54 Å². The van der Waals surface area contributed by atoms with Gasteiger partial charge in [-0.2, -0.15) is 0 Å². The van der Waals surface area contributed by atoms with Crippen LogP contribution in [0, 0.1) is 6.92 Å². The highest BCUT2D eigenvalue weighted by Gasteiger charge is 2.04. The molecule has 0 saturated carbocycles. The Morgan fingerprint density at radius 2 is 2.16 bits per heavy atom. The molecule has 4 nitrogen and oxygen atoms in total. The number of carbonyl (C=O) groups is 1. The molecule has 1 heterocycles. The first-order chi connectivity index (χ1) is 9.25. The second-order valence-corrected chi connectivity index (χ2v) is 5.04. The van der Waals surface area contributed by atoms with Crippen LogP contribution < -0.4 is 5.32 Å². The van der Waals surface area contributed by atoms with E-state index in [1.165, 1.54) is 4.88 Å². The minimum Gasteiger partial charge on any atom is -0.445 e. The molecule has 1 aromatic heterocycles. The highest BCUT2D eigenvalue weighted by molar-refractivity contribution is 7.09. The number of amides is 1. The molecule has 0 fully saturated rings. The van der Waals surface area contributed by atoms with E-state index in [2.05, 4.69) is 10.3 Å². The van der Waals surface area contributed by atoms with Crippen LogP contribution in [0.3, 0.4) is 0 Å². The molecule has 0 radical (unpaired) electrons. The predicted octanol–water partition coefficient (Wildman–Crippen LogP) is 2.92. The number of nitrogens with zero attached hydrogens (tertiary/aromatic N) is 1. The van der Waals surface area contributed by atoms with Gasteiger partial charge >= 0.3 is 6.09 Å². The zero-order valence-corrected chi connectivity index (χ0v) is 11.6. The van der Waals surface area contributed by atoms with Crippen molar-refractivity contribution in [2.45, 2.75) is 20.0 Å². The van der Waals surface area contributed by atoms with Crippen molar-refractivity contribution in [3.63, 3.8) is 0 Å². The topological polar surface area (TPSA) is 51.2 Å². The number of benzene rings is 1. The number of aromatic nitrogens is 1. The van der Waals surface area contributed by atoms with Gasteiger partial charge in [-0.05, 0) is 12.5 Å². The number of nitrogens with one attached hydrogen (secondary N) is 1. The van der Waals surface area contributed by atoms with Crippen LogP contribution >= 0.6 is 11.3 Å². The van der Waals surface area contributed by atoms with Gasteiger partial charge in [-0.3, -0.25) is 0 Å². The van der Waals surface area contributed by atoms with Gasteiger partial charge in [-0.15, -0.1) is 11.3 Å². The van der Waals surface area contributed by atoms with Crippen molar-refractivity contribution in [1.29, 1.82) is 0 Å². The molecule has 19 heavy (non-hydrogen) atoms. The molecule has 0 spiro atoms. The molecule has 2 rings (SSSR count). The van der Waals surface area contributed by atoms with Crippen LogP contribution in [0.2, 0.25) is 0 Å². The summed E-state index contributed by atoms with van der Waals surface area (Å²) in [6.07, 6.45) is 0.405. The van der Waals surface area contributed by atoms with E-state index in [0.717, 1.165) is 17.7 Å². The summed E-state index contributed by atoms with van der Waals surface area (Å²) in [7, 11) is 0. The molecule has 0 atom stereocenters. The minimum absolute atomic E-state index is 0.298. The molecule has 5 heteroatoms. The average molecular weight is 276 g/mol. The van der Waals surface area contributed by atoms with E-state index in [1.807, 2.05) is 42.8 Å². The first-order valence-electron chi connectivity index (χ1n) is 6.09. The Balaban J connectivity index is 1.66. The Morgan fingerprint density at radius 1 is 1.37 bits per heavy atom. The Labute approximate surface area is 116 Å². The van der Waals surface area contributed by atoms with Crippen LogP contribution in [-0.4, -0.2) is 17.6 Å². The van der Waals surface area contributed by atoms with E-state index in [9.17, 15) is 4.79 Å². The number of rotatable bonds is 5. The predicted molar refractivity (Wildman–Crippen MR) is 75.2 cm³/mol. The molecule has 0 unspecified atom stereocenters. The number of thiazole rings is 1. The first-order valence-corrected chi connectivity index (χ1v) is 6.97. The quantitative estimate of drug-likeness (QED) is 0.913. The third-order valence-corrected chi connectivity index (χ3v) is 3.67. The summed E-state index contributed by atoms with van der Waals surface area (Å²) in [5.41, 5.74) is 3.83. The highest BCUT2D eigenvalue weighted by Crippen LogP contribution is 2.11. The van der Waals surface area contributed by atoms with Gasteiger partial charge in [0.15, 0.2) is 0 Å². The van der Waals surface area contributed by atoms with Crippen LogP contribution in [0.5, 0.6) is 0 Å². The molecule has 0 aliphatic carbocycles. The molecule has 2 aromatic rings. The maximum absolute atomic E-state index is 11.5.